The smallest absolute Gasteiger partial charge is 0.0702 e. The Morgan fingerprint density at radius 2 is 1.89 bits per heavy atom. The number of hydrogen-bond donors (Lipinski definition) is 1. The zero-order valence-electron chi connectivity index (χ0n) is 12.2. The van der Waals surface area contributed by atoms with Crippen LogP contribution in [-0.4, -0.2) is 49.8 Å². The van der Waals surface area contributed by atoms with Crippen LogP contribution in [0.5, 0.6) is 0 Å². The topological polar surface area (TPSA) is 24.5 Å². The lowest BCUT2D eigenvalue weighted by molar-refractivity contribution is -0.0115. The van der Waals surface area contributed by atoms with E-state index >= 15 is 0 Å². The van der Waals surface area contributed by atoms with E-state index in [1.54, 1.807) is 0 Å². The van der Waals surface area contributed by atoms with Gasteiger partial charge < -0.3 is 15.0 Å². The summed E-state index contributed by atoms with van der Waals surface area (Å²) >= 11 is 0. The van der Waals surface area contributed by atoms with Gasteiger partial charge in [0, 0.05) is 25.2 Å². The second-order valence-electron chi connectivity index (χ2n) is 5.99. The van der Waals surface area contributed by atoms with Crippen molar-refractivity contribution in [2.24, 2.45) is 0 Å². The van der Waals surface area contributed by atoms with Crippen molar-refractivity contribution in [3.63, 3.8) is 0 Å². The quantitative estimate of drug-likeness (QED) is 0.815. The van der Waals surface area contributed by atoms with E-state index in [1.165, 1.54) is 44.9 Å². The Kier molecular flexibility index (Phi) is 5.93. The van der Waals surface area contributed by atoms with Crippen LogP contribution in [0, 0.1) is 0 Å². The highest BCUT2D eigenvalue weighted by Crippen LogP contribution is 2.23. The van der Waals surface area contributed by atoms with Crippen LogP contribution in [0.15, 0.2) is 0 Å². The van der Waals surface area contributed by atoms with E-state index in [4.69, 9.17) is 4.74 Å². The Morgan fingerprint density at radius 3 is 2.50 bits per heavy atom. The third kappa shape index (κ3) is 4.22. The van der Waals surface area contributed by atoms with E-state index in [0.29, 0.717) is 6.10 Å². The number of hydrogen-bond acceptors (Lipinski definition) is 3. The summed E-state index contributed by atoms with van der Waals surface area (Å²) in [7, 11) is 2.29. The number of nitrogens with zero attached hydrogens (tertiary/aromatic N) is 1. The molecule has 0 aromatic carbocycles. The van der Waals surface area contributed by atoms with Crippen molar-refractivity contribution in [1.29, 1.82) is 0 Å². The molecule has 1 saturated carbocycles. The molecule has 1 N–H and O–H groups in total. The van der Waals surface area contributed by atoms with Crippen LogP contribution >= 0.6 is 0 Å². The first-order valence-corrected chi connectivity index (χ1v) is 7.84. The van der Waals surface area contributed by atoms with Crippen molar-refractivity contribution < 1.29 is 4.74 Å². The highest BCUT2D eigenvalue weighted by molar-refractivity contribution is 4.82. The van der Waals surface area contributed by atoms with Gasteiger partial charge in [0.05, 0.1) is 6.10 Å². The zero-order chi connectivity index (χ0) is 12.8. The minimum absolute atomic E-state index is 0.496. The summed E-state index contributed by atoms with van der Waals surface area (Å²) < 4.78 is 5.85. The first-order valence-electron chi connectivity index (χ1n) is 7.84. The van der Waals surface area contributed by atoms with Crippen LogP contribution in [0.3, 0.4) is 0 Å². The molecular formula is C15H30N2O. The molecule has 0 aromatic heterocycles. The van der Waals surface area contributed by atoms with Crippen molar-refractivity contribution >= 4 is 0 Å². The predicted molar refractivity (Wildman–Crippen MR) is 75.9 cm³/mol. The average molecular weight is 254 g/mol. The second-order valence-corrected chi connectivity index (χ2v) is 5.99. The summed E-state index contributed by atoms with van der Waals surface area (Å²) in [4.78, 5) is 2.55. The van der Waals surface area contributed by atoms with Crippen LogP contribution in [0.4, 0.5) is 0 Å². The highest BCUT2D eigenvalue weighted by atomic mass is 16.5. The molecule has 1 aliphatic carbocycles. The first kappa shape index (κ1) is 14.3. The molecule has 1 aliphatic heterocycles. The third-order valence-electron chi connectivity index (χ3n) is 4.58. The van der Waals surface area contributed by atoms with Gasteiger partial charge in [0.15, 0.2) is 0 Å². The lowest BCUT2D eigenvalue weighted by atomic mass is 9.90. The highest BCUT2D eigenvalue weighted by Gasteiger charge is 2.25. The molecular weight excluding hydrogens is 224 g/mol. The molecule has 3 heteroatoms. The third-order valence-corrected chi connectivity index (χ3v) is 4.58. The SMILES string of the molecule is CCNC1CCC(N(C)CC2CCCCO2)CC1. The number of rotatable bonds is 5. The van der Waals surface area contributed by atoms with E-state index in [0.717, 1.165) is 31.8 Å². The number of likely N-dealkylation sites (N-methyl/N-ethyl adjacent to an activating group) is 1. The Labute approximate surface area is 112 Å². The largest absolute Gasteiger partial charge is 0.377 e. The average Bonchev–Trinajstić information content (AvgIpc) is 2.41. The van der Waals surface area contributed by atoms with Crippen molar-refractivity contribution in [3.8, 4) is 0 Å². The van der Waals surface area contributed by atoms with Gasteiger partial charge in [-0.1, -0.05) is 6.92 Å². The molecule has 2 fully saturated rings. The van der Waals surface area contributed by atoms with Gasteiger partial charge in [0.1, 0.15) is 0 Å². The Balaban J connectivity index is 1.68. The Hall–Kier alpha value is -0.120. The van der Waals surface area contributed by atoms with Gasteiger partial charge in [-0.15, -0.1) is 0 Å². The first-order chi connectivity index (χ1) is 8.79. The van der Waals surface area contributed by atoms with Crippen molar-refractivity contribution in [2.45, 2.75) is 70.1 Å². The summed E-state index contributed by atoms with van der Waals surface area (Å²) in [5.74, 6) is 0. The van der Waals surface area contributed by atoms with Gasteiger partial charge >= 0.3 is 0 Å². The Morgan fingerprint density at radius 1 is 1.11 bits per heavy atom. The van der Waals surface area contributed by atoms with Crippen LogP contribution in [0.2, 0.25) is 0 Å². The maximum Gasteiger partial charge on any atom is 0.0702 e. The van der Waals surface area contributed by atoms with Gasteiger partial charge in [0.2, 0.25) is 0 Å². The molecule has 106 valence electrons. The summed E-state index contributed by atoms with van der Waals surface area (Å²) in [5, 5.41) is 3.58. The van der Waals surface area contributed by atoms with Gasteiger partial charge in [-0.2, -0.15) is 0 Å². The lowest BCUT2D eigenvalue weighted by Crippen LogP contribution is -2.44. The molecule has 2 aliphatic rings. The van der Waals surface area contributed by atoms with Crippen molar-refractivity contribution in [2.75, 3.05) is 26.7 Å². The number of nitrogens with one attached hydrogen (secondary N) is 1. The van der Waals surface area contributed by atoms with Gasteiger partial charge in [0.25, 0.3) is 0 Å². The second kappa shape index (κ2) is 7.46. The van der Waals surface area contributed by atoms with Crippen molar-refractivity contribution in [1.82, 2.24) is 10.2 Å². The lowest BCUT2D eigenvalue weighted by Gasteiger charge is -2.37. The van der Waals surface area contributed by atoms with E-state index in [2.05, 4.69) is 24.2 Å². The predicted octanol–water partition coefficient (Wildman–Crippen LogP) is 2.41. The normalized spacial score (nSPS) is 33.8. The molecule has 18 heavy (non-hydrogen) atoms. The monoisotopic (exact) mass is 254 g/mol. The molecule has 0 amide bonds. The van der Waals surface area contributed by atoms with Gasteiger partial charge in [-0.05, 0) is 58.5 Å². The molecule has 2 rings (SSSR count). The molecule has 0 aromatic rings. The summed E-state index contributed by atoms with van der Waals surface area (Å²) in [6.07, 6.45) is 9.75. The van der Waals surface area contributed by atoms with E-state index in [-0.39, 0.29) is 0 Å². The molecule has 3 nitrogen and oxygen atoms in total. The standard InChI is InChI=1S/C15H30N2O/c1-3-16-13-7-9-14(10-8-13)17(2)12-15-6-4-5-11-18-15/h13-16H,3-12H2,1-2H3. The van der Waals surface area contributed by atoms with Crippen molar-refractivity contribution in [3.05, 3.63) is 0 Å². The molecule has 1 heterocycles. The summed E-state index contributed by atoms with van der Waals surface area (Å²) in [6, 6.07) is 1.55. The van der Waals surface area contributed by atoms with Crippen LogP contribution in [0.25, 0.3) is 0 Å². The van der Waals surface area contributed by atoms with Crippen LogP contribution in [-0.2, 0) is 4.74 Å². The maximum absolute atomic E-state index is 5.85. The zero-order valence-corrected chi connectivity index (χ0v) is 12.2. The molecule has 1 atom stereocenters. The fourth-order valence-corrected chi connectivity index (χ4v) is 3.43. The minimum Gasteiger partial charge on any atom is -0.377 e. The van der Waals surface area contributed by atoms with E-state index < -0.39 is 0 Å². The molecule has 1 unspecified atom stereocenters. The fourth-order valence-electron chi connectivity index (χ4n) is 3.43. The van der Waals surface area contributed by atoms with Crippen LogP contribution < -0.4 is 5.32 Å². The van der Waals surface area contributed by atoms with Crippen LogP contribution in [0.1, 0.15) is 51.9 Å². The van der Waals surface area contributed by atoms with E-state index in [1.807, 2.05) is 0 Å². The molecule has 1 saturated heterocycles. The minimum atomic E-state index is 0.496. The maximum atomic E-state index is 5.85. The summed E-state index contributed by atoms with van der Waals surface area (Å²) in [6.45, 7) is 5.43. The fraction of sp³-hybridized carbons (Fsp3) is 1.00. The van der Waals surface area contributed by atoms with Gasteiger partial charge in [-0.25, -0.2) is 0 Å². The van der Waals surface area contributed by atoms with Gasteiger partial charge in [-0.3, -0.25) is 0 Å². The molecule has 0 radical (unpaired) electrons. The molecule has 0 spiro atoms. The number of ether oxygens (including phenoxy) is 1. The molecule has 0 bridgehead atoms. The Bertz CT molecular complexity index is 221. The van der Waals surface area contributed by atoms with E-state index in [9.17, 15) is 0 Å². The summed E-state index contributed by atoms with van der Waals surface area (Å²) in [5.41, 5.74) is 0.